The highest BCUT2D eigenvalue weighted by molar-refractivity contribution is 7.18. The smallest absolute Gasteiger partial charge is 0.247 e. The van der Waals surface area contributed by atoms with Crippen molar-refractivity contribution in [2.75, 3.05) is 13.1 Å². The third-order valence-electron chi connectivity index (χ3n) is 4.27. The minimum Gasteiger partial charge on any atom is -0.341 e. The van der Waals surface area contributed by atoms with Gasteiger partial charge in [0.2, 0.25) is 5.91 Å². The summed E-state index contributed by atoms with van der Waals surface area (Å²) >= 11 is 1.63. The maximum Gasteiger partial charge on any atom is 0.247 e. The predicted molar refractivity (Wildman–Crippen MR) is 92.5 cm³/mol. The Hall–Kier alpha value is -2.26. The second-order valence-corrected chi connectivity index (χ2v) is 7.10. The molecule has 2 aromatic rings. The van der Waals surface area contributed by atoms with E-state index >= 15 is 0 Å². The molecular weight excluding hydrogens is 322 g/mol. The van der Waals surface area contributed by atoms with Crippen LogP contribution >= 0.6 is 11.3 Å². The third-order valence-corrected chi connectivity index (χ3v) is 5.36. The fourth-order valence-electron chi connectivity index (χ4n) is 2.97. The van der Waals surface area contributed by atoms with Crippen LogP contribution in [0.3, 0.4) is 0 Å². The highest BCUT2D eigenvalue weighted by Gasteiger charge is 2.31. The molecule has 0 bridgehead atoms. The molecule has 1 aromatic heterocycles. The predicted octanol–water partition coefficient (Wildman–Crippen LogP) is 2.95. The van der Waals surface area contributed by atoms with Crippen LogP contribution in [0.25, 0.3) is 10.2 Å². The number of thiazole rings is 1. The van der Waals surface area contributed by atoms with Crippen molar-refractivity contribution in [2.45, 2.75) is 32.1 Å². The first-order valence-electron chi connectivity index (χ1n) is 8.24. The molecule has 124 valence electrons. The number of benzene rings is 1. The van der Waals surface area contributed by atoms with Crippen molar-refractivity contribution in [3.63, 3.8) is 0 Å². The topological polar surface area (TPSA) is 74.1 Å². The van der Waals surface area contributed by atoms with Gasteiger partial charge in [0.15, 0.2) is 11.7 Å². The molecule has 2 heterocycles. The van der Waals surface area contributed by atoms with Gasteiger partial charge in [-0.2, -0.15) is 5.26 Å². The van der Waals surface area contributed by atoms with Crippen LogP contribution in [-0.2, 0) is 16.0 Å². The average molecular weight is 341 g/mol. The zero-order valence-electron chi connectivity index (χ0n) is 13.4. The molecule has 1 aliphatic rings. The number of aromatic nitrogens is 1. The summed E-state index contributed by atoms with van der Waals surface area (Å²) in [4.78, 5) is 30.7. The largest absolute Gasteiger partial charge is 0.341 e. The number of likely N-dealkylation sites (tertiary alicyclic amines) is 1. The first kappa shape index (κ1) is 16.6. The molecule has 3 rings (SSSR count). The zero-order chi connectivity index (χ0) is 16.9. The average Bonchev–Trinajstić information content (AvgIpc) is 3.24. The van der Waals surface area contributed by atoms with E-state index in [0.29, 0.717) is 25.9 Å². The number of carbonyl (C=O) groups is 2. The Balaban J connectivity index is 1.54. The Kier molecular flexibility index (Phi) is 5.21. The van der Waals surface area contributed by atoms with Crippen LogP contribution < -0.4 is 0 Å². The van der Waals surface area contributed by atoms with Crippen LogP contribution in [0.15, 0.2) is 24.3 Å². The number of aryl methyl sites for hydroxylation is 1. The number of ketones is 1. The normalized spacial score (nSPS) is 15.4. The lowest BCUT2D eigenvalue weighted by Crippen LogP contribution is -2.37. The number of rotatable bonds is 6. The monoisotopic (exact) mass is 341 g/mol. The standard InChI is InChI=1S/C18H19N3O2S/c19-12-13(18(23)21-10-3-4-11-21)15(22)7-5-9-17-20-14-6-1-2-8-16(14)24-17/h1-2,6,8,13H,3-5,7,9-11H2. The number of hydrogen-bond acceptors (Lipinski definition) is 5. The van der Waals surface area contributed by atoms with Crippen LogP contribution in [-0.4, -0.2) is 34.7 Å². The lowest BCUT2D eigenvalue weighted by molar-refractivity contribution is -0.138. The van der Waals surface area contributed by atoms with Gasteiger partial charge in [-0.3, -0.25) is 9.59 Å². The van der Waals surface area contributed by atoms with Crippen LogP contribution in [0.2, 0.25) is 0 Å². The van der Waals surface area contributed by atoms with E-state index in [9.17, 15) is 14.9 Å². The molecule has 1 atom stereocenters. The van der Waals surface area contributed by atoms with Crippen LogP contribution in [0.4, 0.5) is 0 Å². The quantitative estimate of drug-likeness (QED) is 0.757. The second kappa shape index (κ2) is 7.54. The molecule has 1 fully saturated rings. The van der Waals surface area contributed by atoms with E-state index in [1.54, 1.807) is 16.2 Å². The molecule has 0 N–H and O–H groups in total. The Labute approximate surface area is 144 Å². The summed E-state index contributed by atoms with van der Waals surface area (Å²) in [7, 11) is 0. The van der Waals surface area contributed by atoms with Gasteiger partial charge in [0.1, 0.15) is 0 Å². The Morgan fingerprint density at radius 1 is 1.29 bits per heavy atom. The maximum absolute atomic E-state index is 12.2. The van der Waals surface area contributed by atoms with Crippen molar-refractivity contribution in [2.24, 2.45) is 5.92 Å². The van der Waals surface area contributed by atoms with Crippen molar-refractivity contribution < 1.29 is 9.59 Å². The second-order valence-electron chi connectivity index (χ2n) is 5.99. The molecule has 0 radical (unpaired) electrons. The molecule has 1 aliphatic heterocycles. The van der Waals surface area contributed by atoms with Gasteiger partial charge in [-0.1, -0.05) is 12.1 Å². The van der Waals surface area contributed by atoms with Gasteiger partial charge < -0.3 is 4.90 Å². The SMILES string of the molecule is N#CC(C(=O)CCCc1nc2ccccc2s1)C(=O)N1CCCC1. The molecule has 0 aliphatic carbocycles. The molecule has 1 amide bonds. The molecule has 0 saturated carbocycles. The summed E-state index contributed by atoms with van der Waals surface area (Å²) in [5.41, 5.74) is 0.975. The van der Waals surface area contributed by atoms with Crippen molar-refractivity contribution in [1.29, 1.82) is 5.26 Å². The lowest BCUT2D eigenvalue weighted by Gasteiger charge is -2.17. The van der Waals surface area contributed by atoms with Gasteiger partial charge in [0.25, 0.3) is 0 Å². The van der Waals surface area contributed by atoms with Gasteiger partial charge in [0, 0.05) is 19.5 Å². The highest BCUT2D eigenvalue weighted by Crippen LogP contribution is 2.23. The number of para-hydroxylation sites is 1. The molecule has 1 aromatic carbocycles. The molecule has 6 heteroatoms. The van der Waals surface area contributed by atoms with Gasteiger partial charge in [0.05, 0.1) is 21.3 Å². The molecule has 24 heavy (non-hydrogen) atoms. The van der Waals surface area contributed by atoms with Gasteiger partial charge in [-0.25, -0.2) is 4.98 Å². The zero-order valence-corrected chi connectivity index (χ0v) is 14.2. The maximum atomic E-state index is 12.2. The summed E-state index contributed by atoms with van der Waals surface area (Å²) in [6.07, 6.45) is 3.46. The first-order chi connectivity index (χ1) is 11.7. The Bertz CT molecular complexity index is 754. The first-order valence-corrected chi connectivity index (χ1v) is 9.06. The van der Waals surface area contributed by atoms with Crippen molar-refractivity contribution in [1.82, 2.24) is 9.88 Å². The fraction of sp³-hybridized carbons (Fsp3) is 0.444. The van der Waals surface area contributed by atoms with E-state index in [4.69, 9.17) is 0 Å². The molecule has 1 unspecified atom stereocenters. The number of nitrogens with zero attached hydrogens (tertiary/aromatic N) is 3. The number of nitriles is 1. The van der Waals surface area contributed by atoms with E-state index in [1.165, 1.54) is 0 Å². The fourth-order valence-corrected chi connectivity index (χ4v) is 3.98. The van der Waals surface area contributed by atoms with E-state index < -0.39 is 5.92 Å². The Morgan fingerprint density at radius 3 is 2.75 bits per heavy atom. The van der Waals surface area contributed by atoms with Gasteiger partial charge >= 0.3 is 0 Å². The Morgan fingerprint density at radius 2 is 2.04 bits per heavy atom. The summed E-state index contributed by atoms with van der Waals surface area (Å²) < 4.78 is 1.14. The van der Waals surface area contributed by atoms with Crippen LogP contribution in [0.5, 0.6) is 0 Å². The van der Waals surface area contributed by atoms with E-state index in [0.717, 1.165) is 28.1 Å². The van der Waals surface area contributed by atoms with Gasteiger partial charge in [-0.05, 0) is 37.8 Å². The van der Waals surface area contributed by atoms with Gasteiger partial charge in [-0.15, -0.1) is 11.3 Å². The van der Waals surface area contributed by atoms with Crippen LogP contribution in [0.1, 0.15) is 30.7 Å². The minimum absolute atomic E-state index is 0.244. The number of Topliss-reactive ketones (excluding diaryl/α,β-unsaturated/α-hetero) is 1. The molecule has 5 nitrogen and oxygen atoms in total. The van der Waals surface area contributed by atoms with Crippen molar-refractivity contribution >= 4 is 33.2 Å². The molecule has 1 saturated heterocycles. The summed E-state index contributed by atoms with van der Waals surface area (Å²) in [5.74, 6) is -1.73. The number of carbonyl (C=O) groups excluding carboxylic acids is 2. The number of amides is 1. The lowest BCUT2D eigenvalue weighted by atomic mass is 9.99. The van der Waals surface area contributed by atoms with Crippen molar-refractivity contribution in [3.8, 4) is 6.07 Å². The van der Waals surface area contributed by atoms with Crippen LogP contribution in [0, 0.1) is 17.2 Å². The van der Waals surface area contributed by atoms with E-state index in [1.807, 2.05) is 30.3 Å². The summed E-state index contributed by atoms with van der Waals surface area (Å²) in [6, 6.07) is 9.83. The highest BCUT2D eigenvalue weighted by atomic mass is 32.1. The minimum atomic E-state index is -1.14. The molecule has 0 spiro atoms. The van der Waals surface area contributed by atoms with Crippen molar-refractivity contribution in [3.05, 3.63) is 29.3 Å². The number of fused-ring (bicyclic) bond motifs is 1. The van der Waals surface area contributed by atoms with E-state index in [-0.39, 0.29) is 18.1 Å². The van der Waals surface area contributed by atoms with E-state index in [2.05, 4.69) is 4.98 Å². The summed E-state index contributed by atoms with van der Waals surface area (Å²) in [6.45, 7) is 1.33. The third kappa shape index (κ3) is 3.62. The summed E-state index contributed by atoms with van der Waals surface area (Å²) in [5, 5.41) is 10.2. The number of hydrogen-bond donors (Lipinski definition) is 0. The molecular formula is C18H19N3O2S.